The Balaban J connectivity index is 1.65. The third-order valence-corrected chi connectivity index (χ3v) is 6.33. The van der Waals surface area contributed by atoms with Gasteiger partial charge in [-0.3, -0.25) is 9.59 Å². The maximum Gasteiger partial charge on any atom is 0.337 e. The number of phenols is 1. The highest BCUT2D eigenvalue weighted by Crippen LogP contribution is 2.36. The molecule has 0 radical (unpaired) electrons. The number of carbonyl (C=O) groups is 3. The van der Waals surface area contributed by atoms with Crippen molar-refractivity contribution in [2.45, 2.75) is 0 Å². The second-order valence-electron chi connectivity index (χ2n) is 6.73. The summed E-state index contributed by atoms with van der Waals surface area (Å²) >= 11 is 7.53. The van der Waals surface area contributed by atoms with Crippen molar-refractivity contribution in [2.24, 2.45) is 0 Å². The number of para-hydroxylation sites is 2. The molecule has 0 atom stereocenters. The molecule has 0 aliphatic heterocycles. The molecule has 0 aliphatic carbocycles. The maximum absolute atomic E-state index is 12.9. The zero-order valence-corrected chi connectivity index (χ0v) is 17.8. The van der Waals surface area contributed by atoms with Crippen molar-refractivity contribution in [1.29, 1.82) is 0 Å². The Morgan fingerprint density at radius 1 is 0.844 bits per heavy atom. The first-order valence-corrected chi connectivity index (χ1v) is 10.5. The summed E-state index contributed by atoms with van der Waals surface area (Å²) in [5, 5.41) is 25.5. The normalized spacial score (nSPS) is 10.7. The van der Waals surface area contributed by atoms with E-state index < -0.39 is 17.8 Å². The highest BCUT2D eigenvalue weighted by Gasteiger charge is 2.21. The molecule has 9 heteroatoms. The predicted octanol–water partition coefficient (Wildman–Crippen LogP) is 5.46. The average molecular weight is 467 g/mol. The van der Waals surface area contributed by atoms with Gasteiger partial charge in [-0.2, -0.15) is 0 Å². The SMILES string of the molecule is O=C(Nc1ccccc1O)c1ccc(C(=O)O)c(NC(=O)c2sc3ccccc3c2Cl)c1. The van der Waals surface area contributed by atoms with Gasteiger partial charge in [0.2, 0.25) is 0 Å². The molecular formula is C23H15ClN2O5S. The molecule has 0 fully saturated rings. The second kappa shape index (κ2) is 8.70. The fraction of sp³-hybridized carbons (Fsp3) is 0. The Hall–Kier alpha value is -3.88. The standard InChI is InChI=1S/C23H15ClN2O5S/c24-19-14-5-1-4-8-18(14)32-20(19)22(29)26-16-11-12(9-10-13(16)23(30)31)21(28)25-15-6-2-3-7-17(15)27/h1-11,27H,(H,25,28)(H,26,29)(H,30,31). The fourth-order valence-electron chi connectivity index (χ4n) is 3.09. The second-order valence-corrected chi connectivity index (χ2v) is 8.16. The summed E-state index contributed by atoms with van der Waals surface area (Å²) in [6.45, 7) is 0. The first-order chi connectivity index (χ1) is 15.3. The number of rotatable bonds is 5. The van der Waals surface area contributed by atoms with Gasteiger partial charge >= 0.3 is 5.97 Å². The quantitative estimate of drug-likeness (QED) is 0.291. The van der Waals surface area contributed by atoms with Crippen LogP contribution in [0.3, 0.4) is 0 Å². The smallest absolute Gasteiger partial charge is 0.337 e. The number of nitrogens with one attached hydrogen (secondary N) is 2. The van der Waals surface area contributed by atoms with Gasteiger partial charge in [0.05, 0.1) is 22.0 Å². The van der Waals surface area contributed by atoms with Crippen LogP contribution in [0.5, 0.6) is 5.75 Å². The Morgan fingerprint density at radius 2 is 1.53 bits per heavy atom. The van der Waals surface area contributed by atoms with E-state index in [2.05, 4.69) is 10.6 Å². The Bertz CT molecular complexity index is 1380. The number of carboxylic acids is 1. The van der Waals surface area contributed by atoms with E-state index in [0.29, 0.717) is 0 Å². The number of hydrogen-bond acceptors (Lipinski definition) is 5. The van der Waals surface area contributed by atoms with E-state index in [1.165, 1.54) is 41.7 Å². The lowest BCUT2D eigenvalue weighted by molar-refractivity contribution is 0.0697. The molecular weight excluding hydrogens is 452 g/mol. The van der Waals surface area contributed by atoms with Crippen molar-refractivity contribution in [3.63, 3.8) is 0 Å². The van der Waals surface area contributed by atoms with Gasteiger partial charge in [-0.15, -0.1) is 11.3 Å². The van der Waals surface area contributed by atoms with Crippen LogP contribution in [0.1, 0.15) is 30.4 Å². The van der Waals surface area contributed by atoms with Crippen molar-refractivity contribution in [1.82, 2.24) is 0 Å². The molecule has 4 N–H and O–H groups in total. The molecule has 0 saturated carbocycles. The molecule has 3 aromatic carbocycles. The van der Waals surface area contributed by atoms with Gasteiger partial charge in [0.1, 0.15) is 10.6 Å². The summed E-state index contributed by atoms with van der Waals surface area (Å²) < 4.78 is 0.817. The number of thiophene rings is 1. The summed E-state index contributed by atoms with van der Waals surface area (Å²) in [6.07, 6.45) is 0. The lowest BCUT2D eigenvalue weighted by Gasteiger charge is -2.11. The number of carbonyl (C=O) groups excluding carboxylic acids is 2. The zero-order chi connectivity index (χ0) is 22.8. The molecule has 160 valence electrons. The van der Waals surface area contributed by atoms with Crippen LogP contribution < -0.4 is 10.6 Å². The molecule has 0 bridgehead atoms. The number of fused-ring (bicyclic) bond motifs is 1. The van der Waals surface area contributed by atoms with Gasteiger partial charge in [-0.1, -0.05) is 41.9 Å². The Morgan fingerprint density at radius 3 is 2.25 bits per heavy atom. The van der Waals surface area contributed by atoms with E-state index in [0.717, 1.165) is 10.1 Å². The van der Waals surface area contributed by atoms with E-state index in [-0.39, 0.29) is 38.2 Å². The lowest BCUT2D eigenvalue weighted by Crippen LogP contribution is -2.17. The minimum absolute atomic E-state index is 0.0547. The molecule has 1 aromatic heterocycles. The Labute approximate surface area is 190 Å². The Kier molecular flexibility index (Phi) is 5.81. The van der Waals surface area contributed by atoms with Gasteiger partial charge in [0.15, 0.2) is 0 Å². The van der Waals surface area contributed by atoms with Crippen LogP contribution in [-0.2, 0) is 0 Å². The van der Waals surface area contributed by atoms with E-state index in [1.807, 2.05) is 12.1 Å². The summed E-state index contributed by atoms with van der Waals surface area (Å²) in [4.78, 5) is 37.4. The summed E-state index contributed by atoms with van der Waals surface area (Å²) in [5.41, 5.74) is 0.0501. The monoisotopic (exact) mass is 466 g/mol. The molecule has 32 heavy (non-hydrogen) atoms. The molecule has 0 aliphatic rings. The van der Waals surface area contributed by atoms with Crippen LogP contribution in [0.4, 0.5) is 11.4 Å². The van der Waals surface area contributed by atoms with Crippen LogP contribution in [0.25, 0.3) is 10.1 Å². The van der Waals surface area contributed by atoms with Crippen molar-refractivity contribution in [3.8, 4) is 5.75 Å². The number of halogens is 1. The number of phenolic OH excluding ortho intramolecular Hbond substituents is 1. The van der Waals surface area contributed by atoms with Crippen LogP contribution in [0.15, 0.2) is 66.7 Å². The van der Waals surface area contributed by atoms with E-state index >= 15 is 0 Å². The molecule has 0 spiro atoms. The maximum atomic E-state index is 12.9. The highest BCUT2D eigenvalue weighted by atomic mass is 35.5. The van der Waals surface area contributed by atoms with Gasteiger partial charge in [-0.25, -0.2) is 4.79 Å². The van der Waals surface area contributed by atoms with Crippen molar-refractivity contribution in [3.05, 3.63) is 87.8 Å². The number of aromatic carboxylic acids is 1. The highest BCUT2D eigenvalue weighted by molar-refractivity contribution is 7.21. The number of hydrogen-bond donors (Lipinski definition) is 4. The average Bonchev–Trinajstić information content (AvgIpc) is 3.12. The zero-order valence-electron chi connectivity index (χ0n) is 16.3. The number of anilines is 2. The molecule has 7 nitrogen and oxygen atoms in total. The van der Waals surface area contributed by atoms with Gasteiger partial charge in [0.25, 0.3) is 11.8 Å². The van der Waals surface area contributed by atoms with E-state index in [1.54, 1.807) is 24.3 Å². The van der Waals surface area contributed by atoms with E-state index in [9.17, 15) is 24.6 Å². The van der Waals surface area contributed by atoms with Crippen LogP contribution in [-0.4, -0.2) is 28.0 Å². The summed E-state index contributed by atoms with van der Waals surface area (Å²) in [5.74, 6) is -2.55. The molecule has 4 aromatic rings. The third kappa shape index (κ3) is 4.14. The van der Waals surface area contributed by atoms with Crippen LogP contribution >= 0.6 is 22.9 Å². The van der Waals surface area contributed by atoms with Gasteiger partial charge in [-0.05, 0) is 36.4 Å². The lowest BCUT2D eigenvalue weighted by atomic mass is 10.1. The number of amides is 2. The largest absolute Gasteiger partial charge is 0.506 e. The predicted molar refractivity (Wildman–Crippen MR) is 124 cm³/mol. The first-order valence-electron chi connectivity index (χ1n) is 9.30. The van der Waals surface area contributed by atoms with Gasteiger partial charge in [0, 0.05) is 15.6 Å². The number of carboxylic acid groups (broad SMARTS) is 1. The van der Waals surface area contributed by atoms with Gasteiger partial charge < -0.3 is 20.8 Å². The first kappa shape index (κ1) is 21.4. The molecule has 0 unspecified atom stereocenters. The van der Waals surface area contributed by atoms with E-state index in [4.69, 9.17) is 11.6 Å². The summed E-state index contributed by atoms with van der Waals surface area (Å²) in [6, 6.07) is 17.2. The van der Waals surface area contributed by atoms with Crippen LogP contribution in [0, 0.1) is 0 Å². The number of benzene rings is 3. The molecule has 0 saturated heterocycles. The fourth-order valence-corrected chi connectivity index (χ4v) is 4.50. The minimum atomic E-state index is -1.27. The minimum Gasteiger partial charge on any atom is -0.506 e. The third-order valence-electron chi connectivity index (χ3n) is 4.65. The topological polar surface area (TPSA) is 116 Å². The van der Waals surface area contributed by atoms with Crippen molar-refractivity contribution in [2.75, 3.05) is 10.6 Å². The van der Waals surface area contributed by atoms with Crippen molar-refractivity contribution >= 4 is 62.2 Å². The van der Waals surface area contributed by atoms with Crippen LogP contribution in [0.2, 0.25) is 5.02 Å². The summed E-state index contributed by atoms with van der Waals surface area (Å²) in [7, 11) is 0. The molecule has 2 amide bonds. The molecule has 1 heterocycles. The molecule has 4 rings (SSSR count). The van der Waals surface area contributed by atoms with Crippen molar-refractivity contribution < 1.29 is 24.6 Å². The number of aromatic hydroxyl groups is 1.